The number of aryl methyl sites for hydroxylation is 3. The van der Waals surface area contributed by atoms with Crippen LogP contribution in [0.1, 0.15) is 16.8 Å². The zero-order valence-electron chi connectivity index (χ0n) is 10.3. The minimum absolute atomic E-state index is 0.0660. The van der Waals surface area contributed by atoms with Gasteiger partial charge in [0.2, 0.25) is 0 Å². The van der Waals surface area contributed by atoms with E-state index >= 15 is 0 Å². The van der Waals surface area contributed by atoms with Crippen LogP contribution in [-0.2, 0) is 0 Å². The summed E-state index contributed by atoms with van der Waals surface area (Å²) < 4.78 is 1.98. The molecule has 0 fully saturated rings. The van der Waals surface area contributed by atoms with Crippen molar-refractivity contribution in [2.24, 2.45) is 0 Å². The molecule has 0 bridgehead atoms. The zero-order valence-corrected chi connectivity index (χ0v) is 10.3. The Kier molecular flexibility index (Phi) is 3.00. The number of fused-ring (bicyclic) bond motifs is 1. The molecule has 3 heteroatoms. The lowest BCUT2D eigenvalue weighted by molar-refractivity contribution is 1.06. The van der Waals surface area contributed by atoms with E-state index in [9.17, 15) is 4.79 Å². The van der Waals surface area contributed by atoms with Gasteiger partial charge in [0, 0.05) is 17.5 Å². The van der Waals surface area contributed by atoms with Crippen molar-refractivity contribution in [3.05, 3.63) is 63.7 Å². The number of rotatable bonds is 0. The molecular formula is C14H16N2O. The summed E-state index contributed by atoms with van der Waals surface area (Å²) >= 11 is 0. The van der Waals surface area contributed by atoms with Crippen molar-refractivity contribution in [3.8, 4) is 0 Å². The van der Waals surface area contributed by atoms with Gasteiger partial charge in [-0.2, -0.15) is 0 Å². The normalized spacial score (nSPS) is 10.3. The van der Waals surface area contributed by atoms with Crippen molar-refractivity contribution < 1.29 is 0 Å². The van der Waals surface area contributed by atoms with Gasteiger partial charge in [0.15, 0.2) is 0 Å². The Morgan fingerprint density at radius 1 is 1.12 bits per heavy atom. The number of nitrogens with one attached hydrogen (secondary N) is 1. The number of aromatic nitrogens is 2. The Hall–Kier alpha value is -2.03. The predicted molar refractivity (Wildman–Crippen MR) is 69.9 cm³/mol. The van der Waals surface area contributed by atoms with Crippen molar-refractivity contribution in [2.75, 3.05) is 0 Å². The van der Waals surface area contributed by atoms with Crippen molar-refractivity contribution in [3.63, 3.8) is 0 Å². The molecule has 2 rings (SSSR count). The Labute approximate surface area is 100 Å². The van der Waals surface area contributed by atoms with Crippen LogP contribution in [0.15, 0.2) is 41.3 Å². The molecule has 2 aromatic heterocycles. The van der Waals surface area contributed by atoms with E-state index < -0.39 is 0 Å². The van der Waals surface area contributed by atoms with E-state index in [4.69, 9.17) is 0 Å². The maximum Gasteiger partial charge on any atom is 0.252 e. The summed E-state index contributed by atoms with van der Waals surface area (Å²) in [5.74, 6) is 0. The molecule has 17 heavy (non-hydrogen) atoms. The van der Waals surface area contributed by atoms with Crippen LogP contribution in [0.5, 0.6) is 0 Å². The molecule has 0 spiro atoms. The summed E-state index contributed by atoms with van der Waals surface area (Å²) in [5, 5.41) is 0. The van der Waals surface area contributed by atoms with E-state index in [2.05, 4.69) is 4.98 Å². The van der Waals surface area contributed by atoms with Crippen LogP contribution in [0.3, 0.4) is 0 Å². The van der Waals surface area contributed by atoms with Gasteiger partial charge in [-0.25, -0.2) is 0 Å². The van der Waals surface area contributed by atoms with Gasteiger partial charge in [0.05, 0.1) is 0 Å². The van der Waals surface area contributed by atoms with Crippen molar-refractivity contribution in [2.45, 2.75) is 20.8 Å². The Morgan fingerprint density at radius 3 is 2.59 bits per heavy atom. The first-order valence-electron chi connectivity index (χ1n) is 5.60. The molecule has 0 radical (unpaired) electrons. The lowest BCUT2D eigenvalue weighted by Crippen LogP contribution is -2.06. The standard InChI is InChI=1S/C14H16N2O/c1-10-8-13-15-14(17)11(2)6-4-5-7-12(3)16(13)9-10/h4-9H,1-3H3,(H,15,17). The summed E-state index contributed by atoms with van der Waals surface area (Å²) in [5.41, 5.74) is 3.63. The number of H-pyrrole nitrogens is 1. The first-order chi connectivity index (χ1) is 8.08. The van der Waals surface area contributed by atoms with Gasteiger partial charge < -0.3 is 9.38 Å². The minimum atomic E-state index is -0.0660. The highest BCUT2D eigenvalue weighted by atomic mass is 16.1. The molecule has 0 aliphatic carbocycles. The monoisotopic (exact) mass is 228 g/mol. The Bertz CT molecular complexity index is 664. The number of hydrogen-bond acceptors (Lipinski definition) is 1. The van der Waals surface area contributed by atoms with E-state index in [1.54, 1.807) is 6.92 Å². The topological polar surface area (TPSA) is 37.3 Å². The molecule has 3 nitrogen and oxygen atoms in total. The maximum atomic E-state index is 11.9. The highest BCUT2D eigenvalue weighted by molar-refractivity contribution is 5.42. The summed E-state index contributed by atoms with van der Waals surface area (Å²) in [6.07, 6.45) is 2.01. The van der Waals surface area contributed by atoms with Gasteiger partial charge in [0.1, 0.15) is 5.65 Å². The third-order valence-corrected chi connectivity index (χ3v) is 2.73. The minimum Gasteiger partial charge on any atom is -0.308 e. The second kappa shape index (κ2) is 4.45. The van der Waals surface area contributed by atoms with E-state index in [0.717, 1.165) is 16.9 Å². The van der Waals surface area contributed by atoms with Crippen LogP contribution in [0.4, 0.5) is 0 Å². The second-order valence-electron chi connectivity index (χ2n) is 4.27. The lowest BCUT2D eigenvalue weighted by atomic mass is 10.3. The Morgan fingerprint density at radius 2 is 1.82 bits per heavy atom. The number of hydrogen-bond donors (Lipinski definition) is 1. The van der Waals surface area contributed by atoms with Crippen molar-refractivity contribution >= 4 is 5.65 Å². The molecule has 0 aromatic carbocycles. The number of aromatic amines is 1. The van der Waals surface area contributed by atoms with E-state index in [-0.39, 0.29) is 5.56 Å². The Balaban J connectivity index is 2.98. The summed E-state index contributed by atoms with van der Waals surface area (Å²) in [6.45, 7) is 5.83. The molecule has 0 saturated heterocycles. The van der Waals surface area contributed by atoms with Crippen LogP contribution in [0.2, 0.25) is 0 Å². The quantitative estimate of drug-likeness (QED) is 0.739. The molecule has 2 aromatic rings. The molecule has 2 heterocycles. The molecule has 0 unspecified atom stereocenters. The van der Waals surface area contributed by atoms with Crippen molar-refractivity contribution in [1.82, 2.24) is 9.38 Å². The molecule has 88 valence electrons. The third kappa shape index (κ3) is 2.38. The average Bonchev–Trinajstić information content (AvgIpc) is 2.64. The fraction of sp³-hybridized carbons (Fsp3) is 0.214. The number of nitrogens with zero attached hydrogens (tertiary/aromatic N) is 1. The van der Waals surface area contributed by atoms with Crippen LogP contribution in [-0.4, -0.2) is 9.38 Å². The lowest BCUT2D eigenvalue weighted by Gasteiger charge is -1.95. The van der Waals surface area contributed by atoms with Crippen LogP contribution < -0.4 is 5.56 Å². The second-order valence-corrected chi connectivity index (χ2v) is 4.27. The first kappa shape index (κ1) is 11.5. The van der Waals surface area contributed by atoms with Gasteiger partial charge in [0.25, 0.3) is 5.56 Å². The van der Waals surface area contributed by atoms with Gasteiger partial charge in [-0.15, -0.1) is 0 Å². The smallest absolute Gasteiger partial charge is 0.252 e. The molecular weight excluding hydrogens is 212 g/mol. The van der Waals surface area contributed by atoms with Crippen LogP contribution in [0.25, 0.3) is 5.65 Å². The average molecular weight is 228 g/mol. The largest absolute Gasteiger partial charge is 0.308 e. The van der Waals surface area contributed by atoms with Crippen LogP contribution in [0, 0.1) is 20.8 Å². The third-order valence-electron chi connectivity index (χ3n) is 2.73. The highest BCUT2D eigenvalue weighted by Gasteiger charge is 1.96. The first-order valence-corrected chi connectivity index (χ1v) is 5.60. The van der Waals surface area contributed by atoms with Crippen molar-refractivity contribution in [1.29, 1.82) is 0 Å². The van der Waals surface area contributed by atoms with Gasteiger partial charge in [-0.05, 0) is 38.5 Å². The SMILES string of the molecule is Cc1cc2[nH]c(=O)c(C)ccccc(C)n2c1. The summed E-state index contributed by atoms with van der Waals surface area (Å²) in [6, 6.07) is 9.61. The van der Waals surface area contributed by atoms with E-state index in [1.807, 2.05) is 54.8 Å². The fourth-order valence-electron chi connectivity index (χ4n) is 1.75. The zero-order chi connectivity index (χ0) is 12.4. The van der Waals surface area contributed by atoms with Crippen LogP contribution >= 0.6 is 0 Å². The molecule has 0 aliphatic rings. The fourth-order valence-corrected chi connectivity index (χ4v) is 1.75. The maximum absolute atomic E-state index is 11.9. The summed E-state index contributed by atoms with van der Waals surface area (Å²) in [4.78, 5) is 14.8. The predicted octanol–water partition coefficient (Wildman–Crippen LogP) is 2.68. The summed E-state index contributed by atoms with van der Waals surface area (Å²) in [7, 11) is 0. The van der Waals surface area contributed by atoms with E-state index in [1.165, 1.54) is 0 Å². The van der Waals surface area contributed by atoms with Gasteiger partial charge in [-0.1, -0.05) is 18.2 Å². The van der Waals surface area contributed by atoms with E-state index in [0.29, 0.717) is 5.56 Å². The highest BCUT2D eigenvalue weighted by Crippen LogP contribution is 2.06. The van der Waals surface area contributed by atoms with Gasteiger partial charge in [-0.3, -0.25) is 4.79 Å². The molecule has 0 aliphatic heterocycles. The molecule has 0 saturated carbocycles. The van der Waals surface area contributed by atoms with Gasteiger partial charge >= 0.3 is 0 Å². The molecule has 1 N–H and O–H groups in total. The molecule has 0 amide bonds. The molecule has 0 atom stereocenters.